The number of nitrogens with zero attached hydrogens (tertiary/aromatic N) is 2. The van der Waals surface area contributed by atoms with Gasteiger partial charge in [0.25, 0.3) is 0 Å². The third kappa shape index (κ3) is 3.64. The number of hydrazine groups is 1. The lowest BCUT2D eigenvalue weighted by Crippen LogP contribution is -2.28. The van der Waals surface area contributed by atoms with E-state index < -0.39 is 0 Å². The quantitative estimate of drug-likeness (QED) is 0.648. The first-order valence-corrected chi connectivity index (χ1v) is 8.72. The highest BCUT2D eigenvalue weighted by Gasteiger charge is 2.27. The molecule has 0 amide bonds. The summed E-state index contributed by atoms with van der Waals surface area (Å²) in [4.78, 5) is 4.15. The van der Waals surface area contributed by atoms with Gasteiger partial charge in [-0.15, -0.1) is 0 Å². The van der Waals surface area contributed by atoms with E-state index in [1.807, 2.05) is 18.7 Å². The Bertz CT molecular complexity index is 785. The molecule has 4 rings (SSSR count). The summed E-state index contributed by atoms with van der Waals surface area (Å²) in [6.07, 6.45) is 5.63. The SMILES string of the molecule is c1ccc(C2NNCC2CNCc2ccccc2-n2ccnc2)cc1. The maximum absolute atomic E-state index is 4.15. The van der Waals surface area contributed by atoms with Gasteiger partial charge in [0.1, 0.15) is 0 Å². The average molecular weight is 333 g/mol. The molecule has 2 heterocycles. The van der Waals surface area contributed by atoms with E-state index in [-0.39, 0.29) is 0 Å². The third-order valence-corrected chi connectivity index (χ3v) is 4.75. The van der Waals surface area contributed by atoms with Crippen LogP contribution in [0.5, 0.6) is 0 Å². The van der Waals surface area contributed by atoms with Crippen LogP contribution in [-0.2, 0) is 6.54 Å². The van der Waals surface area contributed by atoms with E-state index in [0.717, 1.165) is 19.6 Å². The zero-order valence-electron chi connectivity index (χ0n) is 14.1. The van der Waals surface area contributed by atoms with Crippen LogP contribution in [-0.4, -0.2) is 22.6 Å². The number of hydrogen-bond acceptors (Lipinski definition) is 4. The summed E-state index contributed by atoms with van der Waals surface area (Å²) in [5, 5.41) is 3.63. The molecule has 2 unspecified atom stereocenters. The van der Waals surface area contributed by atoms with Crippen molar-refractivity contribution in [3.8, 4) is 5.69 Å². The second kappa shape index (κ2) is 7.61. The van der Waals surface area contributed by atoms with Gasteiger partial charge < -0.3 is 9.88 Å². The van der Waals surface area contributed by atoms with Crippen molar-refractivity contribution in [2.24, 2.45) is 5.92 Å². The average Bonchev–Trinajstić information content (AvgIpc) is 3.35. The highest BCUT2D eigenvalue weighted by Crippen LogP contribution is 2.24. The van der Waals surface area contributed by atoms with E-state index in [2.05, 4.69) is 80.3 Å². The summed E-state index contributed by atoms with van der Waals surface area (Å²) >= 11 is 0. The molecule has 25 heavy (non-hydrogen) atoms. The van der Waals surface area contributed by atoms with Gasteiger partial charge in [-0.2, -0.15) is 0 Å². The van der Waals surface area contributed by atoms with Crippen molar-refractivity contribution in [1.29, 1.82) is 0 Å². The largest absolute Gasteiger partial charge is 0.312 e. The Morgan fingerprint density at radius 2 is 1.92 bits per heavy atom. The Hall–Kier alpha value is -2.47. The Morgan fingerprint density at radius 1 is 1.08 bits per heavy atom. The number of rotatable bonds is 6. The molecule has 3 aromatic rings. The highest BCUT2D eigenvalue weighted by atomic mass is 15.4. The van der Waals surface area contributed by atoms with Gasteiger partial charge in [-0.3, -0.25) is 5.43 Å². The molecule has 0 saturated carbocycles. The highest BCUT2D eigenvalue weighted by molar-refractivity contribution is 5.40. The molecule has 0 spiro atoms. The first kappa shape index (κ1) is 16.0. The van der Waals surface area contributed by atoms with Crippen LogP contribution in [0.4, 0.5) is 0 Å². The molecule has 2 atom stereocenters. The van der Waals surface area contributed by atoms with Crippen molar-refractivity contribution in [3.05, 3.63) is 84.4 Å². The molecule has 0 aliphatic carbocycles. The molecule has 2 aromatic carbocycles. The van der Waals surface area contributed by atoms with Crippen LogP contribution in [0.3, 0.4) is 0 Å². The smallest absolute Gasteiger partial charge is 0.0991 e. The van der Waals surface area contributed by atoms with Crippen molar-refractivity contribution < 1.29 is 0 Å². The van der Waals surface area contributed by atoms with Crippen molar-refractivity contribution >= 4 is 0 Å². The molecule has 5 heteroatoms. The lowest BCUT2D eigenvalue weighted by atomic mass is 9.95. The Labute approximate surface area is 148 Å². The van der Waals surface area contributed by atoms with Gasteiger partial charge in [0, 0.05) is 37.9 Å². The first-order chi connectivity index (χ1) is 12.4. The van der Waals surface area contributed by atoms with Crippen LogP contribution in [0.1, 0.15) is 17.2 Å². The Kier molecular flexibility index (Phi) is 4.88. The third-order valence-electron chi connectivity index (χ3n) is 4.75. The van der Waals surface area contributed by atoms with E-state index in [1.54, 1.807) is 0 Å². The van der Waals surface area contributed by atoms with Gasteiger partial charge in [-0.05, 0) is 17.2 Å². The van der Waals surface area contributed by atoms with E-state index in [1.165, 1.54) is 16.8 Å². The molecule has 1 aromatic heterocycles. The molecule has 0 bridgehead atoms. The number of imidazole rings is 1. The van der Waals surface area contributed by atoms with Crippen LogP contribution >= 0.6 is 0 Å². The van der Waals surface area contributed by atoms with Crippen LogP contribution in [0.25, 0.3) is 5.69 Å². The summed E-state index contributed by atoms with van der Waals surface area (Å²) < 4.78 is 2.06. The van der Waals surface area contributed by atoms with E-state index in [4.69, 9.17) is 0 Å². The minimum absolute atomic E-state index is 0.345. The molecule has 1 fully saturated rings. The topological polar surface area (TPSA) is 53.9 Å². The van der Waals surface area contributed by atoms with Gasteiger partial charge in [0.2, 0.25) is 0 Å². The van der Waals surface area contributed by atoms with Crippen LogP contribution in [0.2, 0.25) is 0 Å². The molecule has 1 aliphatic heterocycles. The minimum Gasteiger partial charge on any atom is -0.312 e. The number of para-hydroxylation sites is 1. The van der Waals surface area contributed by atoms with Crippen LogP contribution in [0.15, 0.2) is 73.3 Å². The molecule has 3 N–H and O–H groups in total. The molecular weight excluding hydrogens is 310 g/mol. The van der Waals surface area contributed by atoms with Crippen molar-refractivity contribution in [2.45, 2.75) is 12.6 Å². The van der Waals surface area contributed by atoms with E-state index in [9.17, 15) is 0 Å². The van der Waals surface area contributed by atoms with Gasteiger partial charge >= 0.3 is 0 Å². The predicted molar refractivity (Wildman–Crippen MR) is 99.1 cm³/mol. The molecule has 0 radical (unpaired) electrons. The zero-order valence-corrected chi connectivity index (χ0v) is 14.1. The van der Waals surface area contributed by atoms with Crippen molar-refractivity contribution in [3.63, 3.8) is 0 Å². The second-order valence-electron chi connectivity index (χ2n) is 6.40. The summed E-state index contributed by atoms with van der Waals surface area (Å²) in [5.41, 5.74) is 10.5. The van der Waals surface area contributed by atoms with Crippen molar-refractivity contribution in [2.75, 3.05) is 13.1 Å². The number of hydrogen-bond donors (Lipinski definition) is 3. The molecule has 1 saturated heterocycles. The van der Waals surface area contributed by atoms with Crippen LogP contribution < -0.4 is 16.2 Å². The Morgan fingerprint density at radius 3 is 2.76 bits per heavy atom. The fourth-order valence-corrected chi connectivity index (χ4v) is 3.45. The molecule has 5 nitrogen and oxygen atoms in total. The lowest BCUT2D eigenvalue weighted by Gasteiger charge is -2.20. The van der Waals surface area contributed by atoms with E-state index >= 15 is 0 Å². The predicted octanol–water partition coefficient (Wildman–Crippen LogP) is 2.43. The summed E-state index contributed by atoms with van der Waals surface area (Å²) in [6.45, 7) is 2.76. The Balaban J connectivity index is 1.40. The zero-order chi connectivity index (χ0) is 16.9. The molecule has 1 aliphatic rings. The normalized spacial score (nSPS) is 20.0. The summed E-state index contributed by atoms with van der Waals surface area (Å²) in [5.74, 6) is 0.516. The standard InChI is InChI=1S/C20H23N5/c1-2-6-16(7-3-1)20-18(14-23-24-20)13-22-12-17-8-4-5-9-19(17)25-11-10-21-15-25/h1-11,15,18,20,22-24H,12-14H2. The van der Waals surface area contributed by atoms with Crippen LogP contribution in [0, 0.1) is 5.92 Å². The number of benzene rings is 2. The monoisotopic (exact) mass is 333 g/mol. The van der Waals surface area contributed by atoms with Gasteiger partial charge in [-0.1, -0.05) is 48.5 Å². The van der Waals surface area contributed by atoms with Crippen molar-refractivity contribution in [1.82, 2.24) is 25.7 Å². The number of nitrogens with one attached hydrogen (secondary N) is 3. The van der Waals surface area contributed by atoms with Gasteiger partial charge in [-0.25, -0.2) is 10.4 Å². The summed E-state index contributed by atoms with van der Waals surface area (Å²) in [6, 6.07) is 19.4. The maximum atomic E-state index is 4.15. The second-order valence-corrected chi connectivity index (χ2v) is 6.40. The maximum Gasteiger partial charge on any atom is 0.0991 e. The molecule has 128 valence electrons. The van der Waals surface area contributed by atoms with Gasteiger partial charge in [0.15, 0.2) is 0 Å². The minimum atomic E-state index is 0.345. The lowest BCUT2D eigenvalue weighted by molar-refractivity contribution is 0.441. The van der Waals surface area contributed by atoms with E-state index in [0.29, 0.717) is 12.0 Å². The molecular formula is C20H23N5. The number of aromatic nitrogens is 2. The van der Waals surface area contributed by atoms with Gasteiger partial charge in [0.05, 0.1) is 18.1 Å². The summed E-state index contributed by atoms with van der Waals surface area (Å²) in [7, 11) is 0. The fraction of sp³-hybridized carbons (Fsp3) is 0.250. The fourth-order valence-electron chi connectivity index (χ4n) is 3.45. The first-order valence-electron chi connectivity index (χ1n) is 8.72.